The predicted molar refractivity (Wildman–Crippen MR) is 95.8 cm³/mol. The molecule has 0 spiro atoms. The Balaban J connectivity index is 2.60. The average molecular weight is 323 g/mol. The molecule has 0 fully saturated rings. The van der Waals surface area contributed by atoms with Crippen molar-refractivity contribution in [1.29, 1.82) is 0 Å². The molecule has 0 amide bonds. The van der Waals surface area contributed by atoms with Crippen LogP contribution in [0.25, 0.3) is 6.08 Å². The van der Waals surface area contributed by atoms with Crippen molar-refractivity contribution in [3.05, 3.63) is 35.4 Å². The summed E-state index contributed by atoms with van der Waals surface area (Å²) >= 11 is 0. The van der Waals surface area contributed by atoms with Gasteiger partial charge >= 0.3 is 0 Å². The lowest BCUT2D eigenvalue weighted by atomic mass is 10.1. The van der Waals surface area contributed by atoms with Crippen molar-refractivity contribution in [2.75, 3.05) is 19.8 Å². The van der Waals surface area contributed by atoms with Gasteiger partial charge in [0.25, 0.3) is 0 Å². The van der Waals surface area contributed by atoms with Crippen LogP contribution in [0.4, 0.5) is 0 Å². The maximum Gasteiger partial charge on any atom is 0.192 e. The average Bonchev–Trinajstić information content (AvgIpc) is 2.43. The van der Waals surface area contributed by atoms with E-state index < -0.39 is 8.32 Å². The fraction of sp³-hybridized carbons (Fsp3) is 0.556. The number of aliphatic hydroxyl groups excluding tert-OH is 1. The van der Waals surface area contributed by atoms with E-state index in [9.17, 15) is 0 Å². The second-order valence-electron chi connectivity index (χ2n) is 7.14. The molecule has 0 unspecified atom stereocenters. The zero-order valence-corrected chi connectivity index (χ0v) is 15.8. The van der Waals surface area contributed by atoms with Gasteiger partial charge in [0, 0.05) is 5.56 Å². The molecule has 0 aromatic heterocycles. The van der Waals surface area contributed by atoms with Crippen molar-refractivity contribution in [3.63, 3.8) is 0 Å². The molecule has 0 aliphatic heterocycles. The largest absolute Gasteiger partial charge is 0.491 e. The Morgan fingerprint density at radius 2 is 1.82 bits per heavy atom. The Morgan fingerprint density at radius 3 is 2.41 bits per heavy atom. The molecule has 0 aliphatic carbocycles. The molecule has 0 heterocycles. The van der Waals surface area contributed by atoms with Gasteiger partial charge in [0.05, 0.1) is 13.2 Å². The molecule has 0 saturated carbocycles. The van der Waals surface area contributed by atoms with Crippen LogP contribution in [0.5, 0.6) is 5.75 Å². The van der Waals surface area contributed by atoms with Crippen molar-refractivity contribution >= 4 is 14.4 Å². The molecule has 1 aromatic carbocycles. The lowest BCUT2D eigenvalue weighted by Crippen LogP contribution is -2.41. The molecule has 3 nitrogen and oxygen atoms in total. The minimum absolute atomic E-state index is 0.0584. The minimum atomic E-state index is -1.71. The highest BCUT2D eigenvalue weighted by Crippen LogP contribution is 2.36. The normalized spacial score (nSPS) is 13.3. The molecule has 22 heavy (non-hydrogen) atoms. The van der Waals surface area contributed by atoms with Gasteiger partial charge in [-0.15, -0.1) is 0 Å². The minimum Gasteiger partial charge on any atom is -0.491 e. The second kappa shape index (κ2) is 7.95. The van der Waals surface area contributed by atoms with Gasteiger partial charge in [-0.2, -0.15) is 0 Å². The summed E-state index contributed by atoms with van der Waals surface area (Å²) in [5.74, 6) is 0.828. The molecule has 124 valence electrons. The van der Waals surface area contributed by atoms with E-state index in [0.717, 1.165) is 16.9 Å². The summed E-state index contributed by atoms with van der Waals surface area (Å²) in [5.41, 5.74) is 1.90. The van der Waals surface area contributed by atoms with Crippen molar-refractivity contribution in [2.45, 2.75) is 45.8 Å². The summed E-state index contributed by atoms with van der Waals surface area (Å²) in [4.78, 5) is 0. The summed E-state index contributed by atoms with van der Waals surface area (Å²) in [6.07, 6.45) is 1.95. The van der Waals surface area contributed by atoms with Crippen molar-refractivity contribution < 1.29 is 14.3 Å². The van der Waals surface area contributed by atoms with Crippen LogP contribution in [0, 0.1) is 0 Å². The zero-order chi connectivity index (χ0) is 16.8. The van der Waals surface area contributed by atoms with Gasteiger partial charge in [0.15, 0.2) is 8.32 Å². The third kappa shape index (κ3) is 5.59. The highest BCUT2D eigenvalue weighted by Gasteiger charge is 2.36. The summed E-state index contributed by atoms with van der Waals surface area (Å²) < 4.78 is 12.0. The number of rotatable bonds is 7. The van der Waals surface area contributed by atoms with Crippen LogP contribution < -0.4 is 4.74 Å². The molecule has 0 bridgehead atoms. The lowest BCUT2D eigenvalue weighted by molar-refractivity contribution is 0.203. The molecule has 1 aromatic rings. The van der Waals surface area contributed by atoms with Crippen LogP contribution in [0.3, 0.4) is 0 Å². The molecule has 0 aliphatic rings. The first-order chi connectivity index (χ1) is 10.2. The number of hydrogen-bond donors (Lipinski definition) is 1. The van der Waals surface area contributed by atoms with Gasteiger partial charge in [-0.05, 0) is 36.7 Å². The summed E-state index contributed by atoms with van der Waals surface area (Å²) in [7, 11) is -1.71. The van der Waals surface area contributed by atoms with Crippen molar-refractivity contribution in [3.8, 4) is 5.75 Å². The monoisotopic (exact) mass is 322 g/mol. The quantitative estimate of drug-likeness (QED) is 0.594. The third-order valence-electron chi connectivity index (χ3n) is 4.18. The van der Waals surface area contributed by atoms with E-state index in [-0.39, 0.29) is 11.6 Å². The first-order valence-corrected chi connectivity index (χ1v) is 10.7. The van der Waals surface area contributed by atoms with Crippen LogP contribution in [0.1, 0.15) is 33.3 Å². The summed E-state index contributed by atoms with van der Waals surface area (Å²) in [6, 6.07) is 7.86. The van der Waals surface area contributed by atoms with E-state index in [1.807, 2.05) is 37.3 Å². The molecule has 0 radical (unpaired) electrons. The highest BCUT2D eigenvalue weighted by molar-refractivity contribution is 6.74. The maximum atomic E-state index is 9.14. The van der Waals surface area contributed by atoms with Crippen LogP contribution in [-0.2, 0) is 4.43 Å². The lowest BCUT2D eigenvalue weighted by Gasteiger charge is -2.36. The highest BCUT2D eigenvalue weighted by atomic mass is 28.4. The van der Waals surface area contributed by atoms with Crippen molar-refractivity contribution in [1.82, 2.24) is 0 Å². The fourth-order valence-corrected chi connectivity index (χ4v) is 2.73. The number of para-hydroxylation sites is 1. The Bertz CT molecular complexity index is 501. The van der Waals surface area contributed by atoms with Gasteiger partial charge in [0.2, 0.25) is 0 Å². The van der Waals surface area contributed by atoms with E-state index in [1.165, 1.54) is 0 Å². The van der Waals surface area contributed by atoms with E-state index in [1.54, 1.807) is 0 Å². The fourth-order valence-electron chi connectivity index (χ4n) is 1.71. The van der Waals surface area contributed by atoms with E-state index >= 15 is 0 Å². The van der Waals surface area contributed by atoms with Gasteiger partial charge in [-0.25, -0.2) is 0 Å². The van der Waals surface area contributed by atoms with E-state index in [0.29, 0.717) is 13.2 Å². The first kappa shape index (κ1) is 18.9. The smallest absolute Gasteiger partial charge is 0.192 e. The molecule has 0 atom stereocenters. The van der Waals surface area contributed by atoms with Gasteiger partial charge in [0.1, 0.15) is 12.4 Å². The molecule has 1 rings (SSSR count). The molecule has 0 saturated heterocycles. The number of ether oxygens (including phenoxy) is 1. The Hall–Kier alpha value is -1.10. The molecule has 1 N–H and O–H groups in total. The Kier molecular flexibility index (Phi) is 6.85. The van der Waals surface area contributed by atoms with E-state index in [4.69, 9.17) is 14.3 Å². The summed E-state index contributed by atoms with van der Waals surface area (Å²) in [6.45, 7) is 14.3. The topological polar surface area (TPSA) is 38.7 Å². The van der Waals surface area contributed by atoms with E-state index in [2.05, 4.69) is 33.9 Å². The standard InChI is InChI=1S/C18H30O3Si/c1-15(14-19)13-16-9-7-8-10-17(16)20-11-12-21-22(5,6)18(2,3)4/h7-10,13,19H,11-12,14H2,1-6H3/b15-13+. The number of hydrogen-bond acceptors (Lipinski definition) is 3. The Morgan fingerprint density at radius 1 is 1.18 bits per heavy atom. The van der Waals surface area contributed by atoms with Crippen molar-refractivity contribution in [2.24, 2.45) is 0 Å². The first-order valence-electron chi connectivity index (χ1n) is 7.81. The summed E-state index contributed by atoms with van der Waals surface area (Å²) in [5, 5.41) is 9.36. The molecular formula is C18H30O3Si. The van der Waals surface area contributed by atoms with Crippen LogP contribution >= 0.6 is 0 Å². The SMILES string of the molecule is C/C(=C\c1ccccc1OCCO[Si](C)(C)C(C)(C)C)CO. The van der Waals surface area contributed by atoms with Crippen LogP contribution in [0.2, 0.25) is 18.1 Å². The molecule has 4 heteroatoms. The zero-order valence-electron chi connectivity index (χ0n) is 14.8. The second-order valence-corrected chi connectivity index (χ2v) is 12.0. The van der Waals surface area contributed by atoms with Crippen LogP contribution in [-0.4, -0.2) is 33.2 Å². The Labute approximate surface area is 136 Å². The maximum absolute atomic E-state index is 9.14. The molecular weight excluding hydrogens is 292 g/mol. The third-order valence-corrected chi connectivity index (χ3v) is 8.72. The van der Waals surface area contributed by atoms with Gasteiger partial charge in [-0.3, -0.25) is 0 Å². The predicted octanol–water partition coefficient (Wildman–Crippen LogP) is 4.48. The van der Waals surface area contributed by atoms with Gasteiger partial charge < -0.3 is 14.3 Å². The number of benzene rings is 1. The van der Waals surface area contributed by atoms with Gasteiger partial charge in [-0.1, -0.05) is 45.0 Å². The van der Waals surface area contributed by atoms with Crippen LogP contribution in [0.15, 0.2) is 29.8 Å². The number of aliphatic hydroxyl groups is 1.